The second-order valence-corrected chi connectivity index (χ2v) is 7.92. The fraction of sp³-hybridized carbons (Fsp3) is 0.643. The maximum Gasteiger partial charge on any atom is 0.179 e. The van der Waals surface area contributed by atoms with Gasteiger partial charge in [0.2, 0.25) is 0 Å². The van der Waals surface area contributed by atoms with Crippen molar-refractivity contribution < 1.29 is 13.2 Å². The van der Waals surface area contributed by atoms with Crippen molar-refractivity contribution in [3.05, 3.63) is 18.3 Å². The molecule has 6 nitrogen and oxygen atoms in total. The molecule has 2 heterocycles. The van der Waals surface area contributed by atoms with Crippen LogP contribution < -0.4 is 5.32 Å². The number of pyridine rings is 1. The van der Waals surface area contributed by atoms with Crippen molar-refractivity contribution in [3.8, 4) is 0 Å². The highest BCUT2D eigenvalue weighted by molar-refractivity contribution is 7.90. The minimum Gasteiger partial charge on any atom is -0.373 e. The molecular formula is C14H23N3O3S. The molecule has 1 aromatic rings. The first-order chi connectivity index (χ1) is 9.78. The molecule has 0 aromatic carbocycles. The van der Waals surface area contributed by atoms with Crippen LogP contribution >= 0.6 is 0 Å². The predicted octanol–water partition coefficient (Wildman–Crippen LogP) is 1.01. The van der Waals surface area contributed by atoms with Gasteiger partial charge in [0.25, 0.3) is 0 Å². The second kappa shape index (κ2) is 6.29. The molecule has 0 atom stereocenters. The molecule has 0 aliphatic carbocycles. The Morgan fingerprint density at radius 1 is 1.48 bits per heavy atom. The minimum absolute atomic E-state index is 0.124. The Hall–Kier alpha value is -1.18. The topological polar surface area (TPSA) is 71.5 Å². The van der Waals surface area contributed by atoms with Crippen molar-refractivity contribution in [1.82, 2.24) is 9.88 Å². The number of hydrogen-bond acceptors (Lipinski definition) is 6. The molecule has 1 aromatic heterocycles. The molecule has 1 fully saturated rings. The van der Waals surface area contributed by atoms with E-state index in [9.17, 15) is 8.42 Å². The van der Waals surface area contributed by atoms with Crippen LogP contribution in [0, 0.1) is 0 Å². The van der Waals surface area contributed by atoms with Crippen LogP contribution in [0.25, 0.3) is 0 Å². The van der Waals surface area contributed by atoms with Crippen LogP contribution in [0.15, 0.2) is 23.2 Å². The Labute approximate surface area is 126 Å². The van der Waals surface area contributed by atoms with Gasteiger partial charge in [-0.25, -0.2) is 13.4 Å². The Balaban J connectivity index is 1.93. The number of nitrogens with one attached hydrogen (secondary N) is 1. The van der Waals surface area contributed by atoms with Gasteiger partial charge in [-0.2, -0.15) is 0 Å². The number of aromatic nitrogens is 1. The van der Waals surface area contributed by atoms with Gasteiger partial charge in [0, 0.05) is 38.6 Å². The van der Waals surface area contributed by atoms with E-state index in [0.29, 0.717) is 12.4 Å². The van der Waals surface area contributed by atoms with Gasteiger partial charge in [-0.1, -0.05) is 0 Å². The second-order valence-electron chi connectivity index (χ2n) is 5.93. The summed E-state index contributed by atoms with van der Waals surface area (Å²) in [7, 11) is -3.27. The van der Waals surface area contributed by atoms with Crippen molar-refractivity contribution in [2.75, 3.05) is 44.4 Å². The highest BCUT2D eigenvalue weighted by Gasteiger charge is 2.26. The van der Waals surface area contributed by atoms with Crippen LogP contribution in [-0.2, 0) is 14.6 Å². The lowest BCUT2D eigenvalue weighted by atomic mass is 10.1. The molecule has 1 aliphatic rings. The molecule has 1 saturated heterocycles. The van der Waals surface area contributed by atoms with Gasteiger partial charge < -0.3 is 10.1 Å². The first-order valence-electron chi connectivity index (χ1n) is 7.03. The van der Waals surface area contributed by atoms with E-state index >= 15 is 0 Å². The van der Waals surface area contributed by atoms with E-state index in [2.05, 4.69) is 29.0 Å². The van der Waals surface area contributed by atoms with Gasteiger partial charge in [-0.05, 0) is 26.0 Å². The molecule has 0 bridgehead atoms. The van der Waals surface area contributed by atoms with E-state index in [4.69, 9.17) is 4.74 Å². The number of ether oxygens (including phenoxy) is 1. The van der Waals surface area contributed by atoms with Gasteiger partial charge in [0.05, 0.1) is 12.2 Å². The summed E-state index contributed by atoms with van der Waals surface area (Å²) in [5, 5.41) is 3.12. The Morgan fingerprint density at radius 3 is 2.90 bits per heavy atom. The van der Waals surface area contributed by atoms with Gasteiger partial charge in [-0.3, -0.25) is 4.90 Å². The zero-order valence-corrected chi connectivity index (χ0v) is 13.6. The van der Waals surface area contributed by atoms with E-state index in [1.54, 1.807) is 18.3 Å². The third-order valence-corrected chi connectivity index (χ3v) is 4.52. The largest absolute Gasteiger partial charge is 0.373 e. The summed E-state index contributed by atoms with van der Waals surface area (Å²) in [5.74, 6) is 0.424. The lowest BCUT2D eigenvalue weighted by Crippen LogP contribution is -2.49. The summed E-state index contributed by atoms with van der Waals surface area (Å²) in [6.07, 6.45) is 2.79. The Kier molecular flexibility index (Phi) is 4.85. The lowest BCUT2D eigenvalue weighted by Gasteiger charge is -2.38. The summed E-state index contributed by atoms with van der Waals surface area (Å²) >= 11 is 0. The summed E-state index contributed by atoms with van der Waals surface area (Å²) < 4.78 is 29.1. The first kappa shape index (κ1) is 16.2. The molecule has 118 valence electrons. The maximum absolute atomic E-state index is 11.7. The van der Waals surface area contributed by atoms with Crippen molar-refractivity contribution >= 4 is 15.7 Å². The monoisotopic (exact) mass is 313 g/mol. The lowest BCUT2D eigenvalue weighted by molar-refractivity contribution is -0.0848. The minimum atomic E-state index is -3.27. The van der Waals surface area contributed by atoms with Crippen molar-refractivity contribution in [3.63, 3.8) is 0 Å². The SMILES string of the molecule is CC1(C)CN(CCNc2ncccc2S(C)(=O)=O)CCO1. The van der Waals surface area contributed by atoms with Gasteiger partial charge in [0.1, 0.15) is 10.7 Å². The highest BCUT2D eigenvalue weighted by Crippen LogP contribution is 2.18. The van der Waals surface area contributed by atoms with Crippen LogP contribution in [0.3, 0.4) is 0 Å². The number of morpholine rings is 1. The third kappa shape index (κ3) is 4.66. The van der Waals surface area contributed by atoms with Crippen molar-refractivity contribution in [2.45, 2.75) is 24.3 Å². The summed E-state index contributed by atoms with van der Waals surface area (Å²) in [5.41, 5.74) is -0.124. The Morgan fingerprint density at radius 2 is 2.24 bits per heavy atom. The van der Waals surface area contributed by atoms with E-state index in [0.717, 1.165) is 26.2 Å². The number of rotatable bonds is 5. The predicted molar refractivity (Wildman–Crippen MR) is 82.3 cm³/mol. The zero-order valence-electron chi connectivity index (χ0n) is 12.8. The van der Waals surface area contributed by atoms with E-state index in [1.807, 2.05) is 0 Å². The number of anilines is 1. The molecular weight excluding hydrogens is 290 g/mol. The van der Waals surface area contributed by atoms with E-state index in [1.165, 1.54) is 6.26 Å². The average Bonchev–Trinajstić information content (AvgIpc) is 2.37. The standard InChI is InChI=1S/C14H23N3O3S/c1-14(2)11-17(9-10-20-14)8-7-16-13-12(21(3,18)19)5-4-6-15-13/h4-6H,7-11H2,1-3H3,(H,15,16). The average molecular weight is 313 g/mol. The smallest absolute Gasteiger partial charge is 0.179 e. The van der Waals surface area contributed by atoms with Crippen molar-refractivity contribution in [1.29, 1.82) is 0 Å². The van der Waals surface area contributed by atoms with E-state index in [-0.39, 0.29) is 10.5 Å². The molecule has 0 saturated carbocycles. The number of sulfone groups is 1. The highest BCUT2D eigenvalue weighted by atomic mass is 32.2. The fourth-order valence-corrected chi connectivity index (χ4v) is 3.26. The fourth-order valence-electron chi connectivity index (χ4n) is 2.46. The van der Waals surface area contributed by atoms with Crippen molar-refractivity contribution in [2.24, 2.45) is 0 Å². The molecule has 0 amide bonds. The molecule has 0 radical (unpaired) electrons. The van der Waals surface area contributed by atoms with Gasteiger partial charge >= 0.3 is 0 Å². The summed E-state index contributed by atoms with van der Waals surface area (Å²) in [4.78, 5) is 6.67. The zero-order chi connectivity index (χ0) is 15.5. The number of hydrogen-bond donors (Lipinski definition) is 1. The molecule has 0 unspecified atom stereocenters. The number of nitrogens with zero attached hydrogens (tertiary/aromatic N) is 2. The molecule has 0 spiro atoms. The molecule has 2 rings (SSSR count). The molecule has 21 heavy (non-hydrogen) atoms. The third-order valence-electron chi connectivity index (χ3n) is 3.40. The quantitative estimate of drug-likeness (QED) is 0.875. The molecule has 1 N–H and O–H groups in total. The normalized spacial score (nSPS) is 19.4. The first-order valence-corrected chi connectivity index (χ1v) is 8.92. The van der Waals surface area contributed by atoms with Crippen LogP contribution in [0.5, 0.6) is 0 Å². The van der Waals surface area contributed by atoms with Crippen LogP contribution in [0.4, 0.5) is 5.82 Å². The van der Waals surface area contributed by atoms with Crippen LogP contribution in [0.1, 0.15) is 13.8 Å². The van der Waals surface area contributed by atoms with Crippen LogP contribution in [-0.4, -0.2) is 62.9 Å². The van der Waals surface area contributed by atoms with Gasteiger partial charge in [-0.15, -0.1) is 0 Å². The summed E-state index contributed by atoms with van der Waals surface area (Å²) in [6.45, 7) is 8.12. The Bertz CT molecular complexity index is 587. The molecule has 7 heteroatoms. The summed E-state index contributed by atoms with van der Waals surface area (Å²) in [6, 6.07) is 3.20. The maximum atomic E-state index is 11.7. The van der Waals surface area contributed by atoms with Gasteiger partial charge in [0.15, 0.2) is 9.84 Å². The van der Waals surface area contributed by atoms with Crippen LogP contribution in [0.2, 0.25) is 0 Å². The van der Waals surface area contributed by atoms with E-state index < -0.39 is 9.84 Å². The molecule has 1 aliphatic heterocycles.